The number of piperidine rings is 1. The highest BCUT2D eigenvalue weighted by molar-refractivity contribution is 5.91. The topological polar surface area (TPSA) is 86.4 Å². The van der Waals surface area contributed by atoms with Gasteiger partial charge in [-0.3, -0.25) is 9.69 Å². The average molecular weight is 477 g/mol. The van der Waals surface area contributed by atoms with Gasteiger partial charge in [-0.25, -0.2) is 0 Å². The molecule has 1 saturated heterocycles. The lowest BCUT2D eigenvalue weighted by atomic mass is 9.48. The number of hydrogen-bond donors (Lipinski definition) is 2. The van der Waals surface area contributed by atoms with Gasteiger partial charge in [0.1, 0.15) is 11.9 Å². The van der Waals surface area contributed by atoms with Crippen LogP contribution in [0.1, 0.15) is 49.0 Å². The molecule has 3 fully saturated rings. The first-order chi connectivity index (χ1) is 16.9. The molecule has 184 valence electrons. The number of amides is 1. The molecule has 2 saturated carbocycles. The first kappa shape index (κ1) is 21.5. The van der Waals surface area contributed by atoms with Crippen molar-refractivity contribution >= 4 is 12.0 Å². The second-order valence-electron chi connectivity index (χ2n) is 11.2. The molecule has 1 amide bonds. The summed E-state index contributed by atoms with van der Waals surface area (Å²) in [6.45, 7) is 1.95. The molecule has 2 aromatic rings. The van der Waals surface area contributed by atoms with Gasteiger partial charge in [-0.1, -0.05) is 6.07 Å². The van der Waals surface area contributed by atoms with E-state index in [1.54, 1.807) is 29.4 Å². The summed E-state index contributed by atoms with van der Waals surface area (Å²) < 4.78 is 11.9. The minimum absolute atomic E-state index is 0.0340. The van der Waals surface area contributed by atoms with E-state index in [9.17, 15) is 15.0 Å². The fourth-order valence-corrected chi connectivity index (χ4v) is 7.67. The van der Waals surface area contributed by atoms with Crippen LogP contribution in [-0.4, -0.2) is 69.8 Å². The molecule has 2 N–H and O–H groups in total. The summed E-state index contributed by atoms with van der Waals surface area (Å²) in [5.41, 5.74) is 0.592. The molecule has 1 unspecified atom stereocenters. The lowest BCUT2D eigenvalue weighted by Gasteiger charge is -2.64. The maximum Gasteiger partial charge on any atom is 0.246 e. The van der Waals surface area contributed by atoms with Crippen molar-refractivity contribution < 1.29 is 24.2 Å². The number of hydrogen-bond acceptors (Lipinski definition) is 6. The lowest BCUT2D eigenvalue weighted by Crippen LogP contribution is -2.78. The standard InChI is InChI=1S/C28H32N2O5/c1-29(23(32)9-7-19-3-2-14-34-19)20-10-11-28(33)22-15-18-6-8-21(31)25-24(18)27(28,26(20)35-25)12-13-30(22)16-17-4-5-17/h2-3,6-9,14,17,20,22,26,31,33H,4-5,10-13,15-16H2,1H3/b9-7+/t20-,22+,26-,27-,28?/m0/s1. The number of phenolic OH excluding ortho intramolecular Hbond substituents is 1. The van der Waals surface area contributed by atoms with E-state index in [1.807, 2.05) is 19.2 Å². The fourth-order valence-electron chi connectivity index (χ4n) is 7.67. The number of rotatable bonds is 5. The number of carbonyl (C=O) groups is 1. The number of phenols is 1. The third kappa shape index (κ3) is 2.88. The van der Waals surface area contributed by atoms with Crippen LogP contribution in [0.25, 0.3) is 6.08 Å². The van der Waals surface area contributed by atoms with Crippen molar-refractivity contribution in [2.24, 2.45) is 5.92 Å². The van der Waals surface area contributed by atoms with E-state index >= 15 is 0 Å². The van der Waals surface area contributed by atoms with Crippen LogP contribution in [0.2, 0.25) is 0 Å². The molecule has 7 nitrogen and oxygen atoms in total. The molecule has 7 rings (SSSR count). The summed E-state index contributed by atoms with van der Waals surface area (Å²) in [4.78, 5) is 17.5. The van der Waals surface area contributed by atoms with Gasteiger partial charge in [-0.05, 0) is 80.8 Å². The Balaban J connectivity index is 1.28. The van der Waals surface area contributed by atoms with Crippen LogP contribution in [0.15, 0.2) is 41.0 Å². The highest BCUT2D eigenvalue weighted by Crippen LogP contribution is 2.66. The minimum atomic E-state index is -0.943. The summed E-state index contributed by atoms with van der Waals surface area (Å²) in [6, 6.07) is 7.16. The summed E-state index contributed by atoms with van der Waals surface area (Å²) in [5, 5.41) is 23.3. The van der Waals surface area contributed by atoms with Gasteiger partial charge in [0, 0.05) is 31.3 Å². The molecule has 3 aliphatic carbocycles. The van der Waals surface area contributed by atoms with Crippen LogP contribution >= 0.6 is 0 Å². The third-order valence-electron chi connectivity index (χ3n) is 9.51. The Labute approximate surface area is 205 Å². The summed E-state index contributed by atoms with van der Waals surface area (Å²) >= 11 is 0. The summed E-state index contributed by atoms with van der Waals surface area (Å²) in [5.74, 6) is 1.88. The van der Waals surface area contributed by atoms with E-state index in [0.717, 1.165) is 37.4 Å². The second kappa shape index (κ2) is 7.37. The molecular weight excluding hydrogens is 444 g/mol. The number of ether oxygens (including phenoxy) is 1. The Morgan fingerprint density at radius 3 is 2.89 bits per heavy atom. The summed E-state index contributed by atoms with van der Waals surface area (Å²) in [7, 11) is 1.82. The van der Waals surface area contributed by atoms with Crippen LogP contribution in [0.4, 0.5) is 0 Å². The number of nitrogens with zero attached hydrogens (tertiary/aromatic N) is 2. The Bertz CT molecular complexity index is 1200. The minimum Gasteiger partial charge on any atom is -0.504 e. The van der Waals surface area contributed by atoms with Gasteiger partial charge in [0.2, 0.25) is 5.91 Å². The van der Waals surface area contributed by atoms with Crippen molar-refractivity contribution in [2.75, 3.05) is 20.1 Å². The van der Waals surface area contributed by atoms with E-state index in [1.165, 1.54) is 24.5 Å². The van der Waals surface area contributed by atoms with E-state index < -0.39 is 17.1 Å². The molecule has 1 aromatic carbocycles. The van der Waals surface area contributed by atoms with Crippen LogP contribution < -0.4 is 4.74 Å². The molecule has 1 spiro atoms. The predicted octanol–water partition coefficient (Wildman–Crippen LogP) is 3.09. The number of furan rings is 1. The van der Waals surface area contributed by atoms with Crippen molar-refractivity contribution in [3.05, 3.63) is 53.5 Å². The maximum atomic E-state index is 13.2. The first-order valence-electron chi connectivity index (χ1n) is 12.9. The van der Waals surface area contributed by atoms with Crippen molar-refractivity contribution in [1.29, 1.82) is 0 Å². The summed E-state index contributed by atoms with van der Waals surface area (Å²) in [6.07, 6.45) is 9.76. The quantitative estimate of drug-likeness (QED) is 0.645. The van der Waals surface area contributed by atoms with Gasteiger partial charge in [-0.15, -0.1) is 0 Å². The molecule has 1 aromatic heterocycles. The molecule has 5 aliphatic rings. The van der Waals surface area contributed by atoms with Crippen molar-refractivity contribution in [2.45, 2.75) is 67.7 Å². The van der Waals surface area contributed by atoms with E-state index in [0.29, 0.717) is 24.4 Å². The van der Waals surface area contributed by atoms with E-state index in [4.69, 9.17) is 9.15 Å². The molecule has 0 radical (unpaired) electrons. The van der Waals surface area contributed by atoms with Gasteiger partial charge >= 0.3 is 0 Å². The molecule has 5 atom stereocenters. The Hall–Kier alpha value is -2.77. The zero-order valence-electron chi connectivity index (χ0n) is 20.0. The number of carbonyl (C=O) groups excluding carboxylic acids is 1. The SMILES string of the molecule is CN(C(=O)/C=C/c1ccco1)[C@H]1CCC2(O)[C@H]3Cc4ccc(O)c5c4[C@@]2(CCN3CC2CC2)[C@H]1O5. The smallest absolute Gasteiger partial charge is 0.246 e. The zero-order chi connectivity index (χ0) is 23.9. The molecular formula is C28H32N2O5. The van der Waals surface area contributed by atoms with Gasteiger partial charge in [0.25, 0.3) is 0 Å². The molecule has 7 heteroatoms. The van der Waals surface area contributed by atoms with E-state index in [-0.39, 0.29) is 23.7 Å². The predicted molar refractivity (Wildman–Crippen MR) is 129 cm³/mol. The molecule has 3 heterocycles. The van der Waals surface area contributed by atoms with E-state index in [2.05, 4.69) is 4.90 Å². The zero-order valence-corrected chi connectivity index (χ0v) is 20.0. The van der Waals surface area contributed by atoms with Crippen LogP contribution in [0.5, 0.6) is 11.5 Å². The third-order valence-corrected chi connectivity index (χ3v) is 9.51. The highest BCUT2D eigenvalue weighted by Gasteiger charge is 2.73. The average Bonchev–Trinajstić information content (AvgIpc) is 3.36. The largest absolute Gasteiger partial charge is 0.504 e. The number of benzene rings is 1. The van der Waals surface area contributed by atoms with Crippen molar-refractivity contribution in [3.8, 4) is 11.5 Å². The van der Waals surface area contributed by atoms with Crippen molar-refractivity contribution in [3.63, 3.8) is 0 Å². The molecule has 35 heavy (non-hydrogen) atoms. The van der Waals surface area contributed by atoms with Gasteiger partial charge in [0.05, 0.1) is 23.3 Å². The van der Waals surface area contributed by atoms with Crippen LogP contribution in [-0.2, 0) is 16.6 Å². The van der Waals surface area contributed by atoms with Gasteiger partial charge in [0.15, 0.2) is 11.5 Å². The number of aromatic hydroxyl groups is 1. The van der Waals surface area contributed by atoms with Gasteiger partial charge in [-0.2, -0.15) is 0 Å². The van der Waals surface area contributed by atoms with Gasteiger partial charge < -0.3 is 24.3 Å². The maximum absolute atomic E-state index is 13.2. The highest BCUT2D eigenvalue weighted by atomic mass is 16.5. The molecule has 2 bridgehead atoms. The number of likely N-dealkylation sites (tertiary alicyclic amines) is 1. The number of aliphatic hydroxyl groups is 1. The number of likely N-dealkylation sites (N-methyl/N-ethyl adjacent to an activating group) is 1. The molecule has 2 aliphatic heterocycles. The van der Waals surface area contributed by atoms with Crippen molar-refractivity contribution in [1.82, 2.24) is 9.80 Å². The fraction of sp³-hybridized carbons (Fsp3) is 0.536. The van der Waals surface area contributed by atoms with Crippen LogP contribution in [0, 0.1) is 5.92 Å². The Morgan fingerprint density at radius 1 is 1.26 bits per heavy atom. The normalized spacial score (nSPS) is 35.1. The van der Waals surface area contributed by atoms with Crippen LogP contribution in [0.3, 0.4) is 0 Å². The Kier molecular flexibility index (Phi) is 4.53. The Morgan fingerprint density at radius 2 is 2.11 bits per heavy atom. The first-order valence-corrected chi connectivity index (χ1v) is 12.9. The lowest BCUT2D eigenvalue weighted by molar-refractivity contribution is -0.200. The second-order valence-corrected chi connectivity index (χ2v) is 11.2. The monoisotopic (exact) mass is 476 g/mol.